The minimum Gasteiger partial charge on any atom is -0.342 e. The van der Waals surface area contributed by atoms with Gasteiger partial charge in [0.15, 0.2) is 0 Å². The summed E-state index contributed by atoms with van der Waals surface area (Å²) in [6.45, 7) is 4.08. The lowest BCUT2D eigenvalue weighted by molar-refractivity contribution is -0.133. The number of nitrogens with zero attached hydrogens (tertiary/aromatic N) is 4. The highest BCUT2D eigenvalue weighted by Crippen LogP contribution is 2.16. The number of piperidine rings is 1. The van der Waals surface area contributed by atoms with Crippen LogP contribution in [0.4, 0.5) is 0 Å². The van der Waals surface area contributed by atoms with Crippen LogP contribution in [-0.4, -0.2) is 38.9 Å². The van der Waals surface area contributed by atoms with Gasteiger partial charge in [-0.1, -0.05) is 24.3 Å². The molecule has 22 heavy (non-hydrogen) atoms. The van der Waals surface area contributed by atoms with E-state index < -0.39 is 0 Å². The van der Waals surface area contributed by atoms with E-state index in [0.717, 1.165) is 19.5 Å². The molecule has 0 aliphatic carbocycles. The molecular formula is C16H20N4O2. The Morgan fingerprint density at radius 3 is 3.00 bits per heavy atom. The van der Waals surface area contributed by atoms with Gasteiger partial charge < -0.3 is 4.90 Å². The molecule has 2 aromatic rings. The van der Waals surface area contributed by atoms with Crippen molar-refractivity contribution in [1.29, 1.82) is 0 Å². The molecule has 1 aliphatic rings. The average Bonchev–Trinajstić information content (AvgIpc) is 2.54. The highest BCUT2D eigenvalue weighted by atomic mass is 16.2. The molecule has 0 saturated carbocycles. The van der Waals surface area contributed by atoms with E-state index in [9.17, 15) is 9.59 Å². The zero-order valence-corrected chi connectivity index (χ0v) is 12.7. The molecule has 1 unspecified atom stereocenters. The van der Waals surface area contributed by atoms with Crippen molar-refractivity contribution >= 4 is 16.8 Å². The Morgan fingerprint density at radius 1 is 1.36 bits per heavy atom. The van der Waals surface area contributed by atoms with Gasteiger partial charge in [-0.05, 0) is 30.9 Å². The second kappa shape index (κ2) is 6.25. The van der Waals surface area contributed by atoms with Crippen LogP contribution in [0.5, 0.6) is 0 Å². The normalized spacial score (nSPS) is 18.6. The van der Waals surface area contributed by atoms with Gasteiger partial charge in [-0.3, -0.25) is 9.59 Å². The van der Waals surface area contributed by atoms with Crippen LogP contribution in [-0.2, 0) is 11.3 Å². The number of fused-ring (bicyclic) bond motifs is 1. The summed E-state index contributed by atoms with van der Waals surface area (Å²) in [7, 11) is 0. The largest absolute Gasteiger partial charge is 0.342 e. The molecule has 6 heteroatoms. The summed E-state index contributed by atoms with van der Waals surface area (Å²) in [6.07, 6.45) is 2.53. The van der Waals surface area contributed by atoms with Crippen molar-refractivity contribution in [2.75, 3.05) is 13.1 Å². The molecule has 116 valence electrons. The van der Waals surface area contributed by atoms with Crippen molar-refractivity contribution in [3.63, 3.8) is 0 Å². The van der Waals surface area contributed by atoms with Crippen LogP contribution in [0.25, 0.3) is 10.9 Å². The second-order valence-electron chi connectivity index (χ2n) is 5.97. The number of rotatable bonds is 3. The Kier molecular flexibility index (Phi) is 4.18. The Balaban J connectivity index is 1.70. The fourth-order valence-corrected chi connectivity index (χ4v) is 2.95. The number of likely N-dealkylation sites (tertiary alicyclic amines) is 1. The molecule has 1 aromatic heterocycles. The first kappa shape index (κ1) is 14.7. The topological polar surface area (TPSA) is 68.1 Å². The third-order valence-electron chi connectivity index (χ3n) is 4.18. The quantitative estimate of drug-likeness (QED) is 0.860. The smallest absolute Gasteiger partial charge is 0.277 e. The van der Waals surface area contributed by atoms with E-state index in [1.165, 1.54) is 11.1 Å². The predicted molar refractivity (Wildman–Crippen MR) is 83.4 cm³/mol. The number of aromatic nitrogens is 3. The molecule has 1 aromatic carbocycles. The van der Waals surface area contributed by atoms with Crippen LogP contribution in [0.15, 0.2) is 29.1 Å². The monoisotopic (exact) mass is 300 g/mol. The summed E-state index contributed by atoms with van der Waals surface area (Å²) >= 11 is 0. The van der Waals surface area contributed by atoms with E-state index in [4.69, 9.17) is 0 Å². The molecule has 1 fully saturated rings. The maximum atomic E-state index is 12.3. The Hall–Kier alpha value is -2.24. The fraction of sp³-hybridized carbons (Fsp3) is 0.500. The van der Waals surface area contributed by atoms with Crippen molar-refractivity contribution in [1.82, 2.24) is 19.9 Å². The number of hydrogen-bond acceptors (Lipinski definition) is 4. The van der Waals surface area contributed by atoms with Crippen LogP contribution in [0.1, 0.15) is 26.2 Å². The maximum Gasteiger partial charge on any atom is 0.277 e. The summed E-state index contributed by atoms with van der Waals surface area (Å²) in [5, 5.41) is 8.49. The number of amides is 1. The van der Waals surface area contributed by atoms with Gasteiger partial charge in [-0.25, -0.2) is 4.68 Å². The van der Waals surface area contributed by atoms with E-state index in [0.29, 0.717) is 23.2 Å². The van der Waals surface area contributed by atoms with Crippen molar-refractivity contribution < 1.29 is 4.79 Å². The van der Waals surface area contributed by atoms with Gasteiger partial charge in [-0.15, -0.1) is 5.10 Å². The lowest BCUT2D eigenvalue weighted by atomic mass is 10.00. The van der Waals surface area contributed by atoms with Gasteiger partial charge in [0.2, 0.25) is 5.91 Å². The Bertz CT molecular complexity index is 740. The predicted octanol–water partition coefficient (Wildman–Crippen LogP) is 1.44. The van der Waals surface area contributed by atoms with E-state index in [2.05, 4.69) is 17.2 Å². The van der Waals surface area contributed by atoms with E-state index in [-0.39, 0.29) is 18.0 Å². The fourth-order valence-electron chi connectivity index (χ4n) is 2.95. The Labute approximate surface area is 128 Å². The number of carbonyl (C=O) groups is 1. The molecule has 6 nitrogen and oxygen atoms in total. The summed E-state index contributed by atoms with van der Waals surface area (Å²) in [5.41, 5.74) is 0.394. The highest BCUT2D eigenvalue weighted by Gasteiger charge is 2.20. The van der Waals surface area contributed by atoms with E-state index in [1.54, 1.807) is 18.2 Å². The van der Waals surface area contributed by atoms with Gasteiger partial charge in [0.05, 0.1) is 11.9 Å². The van der Waals surface area contributed by atoms with Crippen LogP contribution in [0.2, 0.25) is 0 Å². The van der Waals surface area contributed by atoms with Gasteiger partial charge in [0, 0.05) is 19.5 Å². The van der Waals surface area contributed by atoms with Crippen LogP contribution in [0.3, 0.4) is 0 Å². The molecule has 0 radical (unpaired) electrons. The van der Waals surface area contributed by atoms with Crippen molar-refractivity contribution in [2.24, 2.45) is 5.92 Å². The number of carbonyl (C=O) groups excluding carboxylic acids is 1. The van der Waals surface area contributed by atoms with Gasteiger partial charge in [0.1, 0.15) is 5.52 Å². The third kappa shape index (κ3) is 3.00. The van der Waals surface area contributed by atoms with E-state index >= 15 is 0 Å². The van der Waals surface area contributed by atoms with Gasteiger partial charge in [-0.2, -0.15) is 0 Å². The first-order valence-corrected chi connectivity index (χ1v) is 7.75. The molecule has 1 atom stereocenters. The van der Waals surface area contributed by atoms with Gasteiger partial charge in [0.25, 0.3) is 5.56 Å². The number of aryl methyl sites for hydroxylation is 1. The summed E-state index contributed by atoms with van der Waals surface area (Å²) in [4.78, 5) is 26.5. The second-order valence-corrected chi connectivity index (χ2v) is 5.97. The first-order chi connectivity index (χ1) is 10.6. The zero-order chi connectivity index (χ0) is 15.5. The van der Waals surface area contributed by atoms with E-state index in [1.807, 2.05) is 11.0 Å². The van der Waals surface area contributed by atoms with Crippen molar-refractivity contribution in [3.8, 4) is 0 Å². The minimum atomic E-state index is -0.189. The summed E-state index contributed by atoms with van der Waals surface area (Å²) in [6, 6.07) is 7.11. The van der Waals surface area contributed by atoms with Crippen LogP contribution >= 0.6 is 0 Å². The molecule has 3 rings (SSSR count). The molecule has 2 heterocycles. The van der Waals surface area contributed by atoms with Crippen molar-refractivity contribution in [3.05, 3.63) is 34.6 Å². The lowest BCUT2D eigenvalue weighted by Crippen LogP contribution is -2.40. The SMILES string of the molecule is CC1CCCN(C(=O)CCn2nnc3ccccc3c2=O)C1. The summed E-state index contributed by atoms with van der Waals surface area (Å²) in [5.74, 6) is 0.647. The summed E-state index contributed by atoms with van der Waals surface area (Å²) < 4.78 is 1.29. The Morgan fingerprint density at radius 2 is 2.18 bits per heavy atom. The molecule has 1 amide bonds. The van der Waals surface area contributed by atoms with Crippen LogP contribution < -0.4 is 5.56 Å². The molecule has 1 aliphatic heterocycles. The molecule has 1 saturated heterocycles. The lowest BCUT2D eigenvalue weighted by Gasteiger charge is -2.31. The van der Waals surface area contributed by atoms with Crippen molar-refractivity contribution in [2.45, 2.75) is 32.7 Å². The third-order valence-corrected chi connectivity index (χ3v) is 4.18. The molecule has 0 spiro atoms. The first-order valence-electron chi connectivity index (χ1n) is 7.75. The number of benzene rings is 1. The van der Waals surface area contributed by atoms with Crippen LogP contribution in [0, 0.1) is 5.92 Å². The average molecular weight is 300 g/mol. The molecule has 0 N–H and O–H groups in total. The minimum absolute atomic E-state index is 0.0911. The number of hydrogen-bond donors (Lipinski definition) is 0. The molecule has 0 bridgehead atoms. The van der Waals surface area contributed by atoms with Gasteiger partial charge >= 0.3 is 0 Å². The maximum absolute atomic E-state index is 12.3. The highest BCUT2D eigenvalue weighted by molar-refractivity contribution is 5.77. The zero-order valence-electron chi connectivity index (χ0n) is 12.7. The molecular weight excluding hydrogens is 280 g/mol. The standard InChI is InChI=1S/C16H20N4O2/c1-12-5-4-9-19(11-12)15(21)8-10-20-16(22)13-6-2-3-7-14(13)17-18-20/h2-3,6-7,12H,4-5,8-11H2,1H3.